The summed E-state index contributed by atoms with van der Waals surface area (Å²) in [6, 6.07) is 5.05. The average molecular weight is 314 g/mol. The molecule has 0 amide bonds. The van der Waals surface area contributed by atoms with Gasteiger partial charge in [0.15, 0.2) is 5.69 Å². The second kappa shape index (κ2) is 5.89. The Bertz CT molecular complexity index is 883. The van der Waals surface area contributed by atoms with Gasteiger partial charge in [-0.2, -0.15) is 0 Å². The van der Waals surface area contributed by atoms with Crippen LogP contribution in [0.1, 0.15) is 29.9 Å². The Labute approximate surface area is 133 Å². The first kappa shape index (κ1) is 15.3. The summed E-state index contributed by atoms with van der Waals surface area (Å²) in [6.07, 6.45) is 1.37. The monoisotopic (exact) mass is 314 g/mol. The number of esters is 1. The highest BCUT2D eigenvalue weighted by Crippen LogP contribution is 2.32. The van der Waals surface area contributed by atoms with E-state index in [4.69, 9.17) is 9.47 Å². The van der Waals surface area contributed by atoms with Crippen LogP contribution in [-0.2, 0) is 16.1 Å². The normalized spacial score (nSPS) is 11.5. The number of aromatic amines is 1. The predicted molar refractivity (Wildman–Crippen MR) is 86.5 cm³/mol. The highest BCUT2D eigenvalue weighted by Gasteiger charge is 2.21. The summed E-state index contributed by atoms with van der Waals surface area (Å²) < 4.78 is 10.5. The molecule has 6 heteroatoms. The molecule has 23 heavy (non-hydrogen) atoms. The van der Waals surface area contributed by atoms with E-state index in [9.17, 15) is 9.90 Å². The molecule has 120 valence electrons. The molecule has 0 aliphatic heterocycles. The molecule has 2 heterocycles. The van der Waals surface area contributed by atoms with Gasteiger partial charge in [-0.05, 0) is 32.0 Å². The number of aromatic nitrogens is 2. The molecule has 0 aliphatic carbocycles. The van der Waals surface area contributed by atoms with Gasteiger partial charge in [-0.3, -0.25) is 0 Å². The van der Waals surface area contributed by atoms with Gasteiger partial charge in [0, 0.05) is 29.0 Å². The highest BCUT2D eigenvalue weighted by atomic mass is 16.5. The third-order valence-corrected chi connectivity index (χ3v) is 3.55. The lowest BCUT2D eigenvalue weighted by atomic mass is 10.1. The summed E-state index contributed by atoms with van der Waals surface area (Å²) in [5, 5.41) is 11.4. The molecule has 0 spiro atoms. The number of carbonyl (C=O) groups excluding carboxylic acids is 1. The van der Waals surface area contributed by atoms with Crippen LogP contribution in [0, 0.1) is 0 Å². The number of carbonyl (C=O) groups is 1. The quantitative estimate of drug-likeness (QED) is 0.723. The van der Waals surface area contributed by atoms with E-state index in [0.717, 1.165) is 21.8 Å². The van der Waals surface area contributed by atoms with Gasteiger partial charge in [0.05, 0.1) is 24.4 Å². The van der Waals surface area contributed by atoms with Gasteiger partial charge >= 0.3 is 5.97 Å². The largest absolute Gasteiger partial charge is 0.508 e. The SMILES string of the molecule is COCc1c(C(=O)OC(C)C)ncc2[nH]c3ccc(O)cc3c12. The molecule has 0 bridgehead atoms. The Morgan fingerprint density at radius 3 is 2.83 bits per heavy atom. The zero-order valence-corrected chi connectivity index (χ0v) is 13.2. The van der Waals surface area contributed by atoms with Crippen molar-refractivity contribution < 1.29 is 19.4 Å². The zero-order chi connectivity index (χ0) is 16.6. The molecule has 2 aromatic heterocycles. The molecule has 0 aliphatic rings. The Morgan fingerprint density at radius 2 is 2.13 bits per heavy atom. The summed E-state index contributed by atoms with van der Waals surface area (Å²) in [6.45, 7) is 3.79. The maximum atomic E-state index is 12.3. The number of nitrogens with one attached hydrogen (secondary N) is 1. The second-order valence-corrected chi connectivity index (χ2v) is 5.62. The Balaban J connectivity index is 2.29. The second-order valence-electron chi connectivity index (χ2n) is 5.62. The van der Waals surface area contributed by atoms with Crippen LogP contribution in [0.25, 0.3) is 21.8 Å². The van der Waals surface area contributed by atoms with E-state index in [1.165, 1.54) is 0 Å². The lowest BCUT2D eigenvalue weighted by Crippen LogP contribution is -2.15. The summed E-state index contributed by atoms with van der Waals surface area (Å²) in [4.78, 5) is 19.8. The van der Waals surface area contributed by atoms with Crippen LogP contribution in [0.2, 0.25) is 0 Å². The summed E-state index contributed by atoms with van der Waals surface area (Å²) >= 11 is 0. The molecule has 2 N–H and O–H groups in total. The number of ether oxygens (including phenoxy) is 2. The van der Waals surface area contributed by atoms with Crippen molar-refractivity contribution in [1.82, 2.24) is 9.97 Å². The number of hydrogen-bond acceptors (Lipinski definition) is 5. The van der Waals surface area contributed by atoms with Crippen LogP contribution < -0.4 is 0 Å². The Morgan fingerprint density at radius 1 is 1.35 bits per heavy atom. The fraction of sp³-hybridized carbons (Fsp3) is 0.294. The van der Waals surface area contributed by atoms with Gasteiger partial charge < -0.3 is 19.6 Å². The van der Waals surface area contributed by atoms with Gasteiger partial charge in [0.25, 0.3) is 0 Å². The molecule has 6 nitrogen and oxygen atoms in total. The number of aromatic hydroxyl groups is 1. The zero-order valence-electron chi connectivity index (χ0n) is 13.2. The van der Waals surface area contributed by atoms with Crippen LogP contribution >= 0.6 is 0 Å². The summed E-state index contributed by atoms with van der Waals surface area (Å²) in [7, 11) is 1.56. The standard InChI is InChI=1S/C17H18N2O4/c1-9(2)23-17(21)16-12(8-22-3)15-11-6-10(20)4-5-13(11)19-14(15)7-18-16/h4-7,9,19-20H,8H2,1-3H3. The van der Waals surface area contributed by atoms with E-state index in [-0.39, 0.29) is 24.2 Å². The molecule has 0 saturated heterocycles. The number of rotatable bonds is 4. The van der Waals surface area contributed by atoms with Gasteiger partial charge in [-0.1, -0.05) is 0 Å². The number of fused-ring (bicyclic) bond motifs is 3. The van der Waals surface area contributed by atoms with Crippen molar-refractivity contribution in [2.24, 2.45) is 0 Å². The molecule has 3 rings (SSSR count). The third-order valence-electron chi connectivity index (χ3n) is 3.55. The van der Waals surface area contributed by atoms with E-state index in [1.807, 2.05) is 0 Å². The third kappa shape index (κ3) is 2.73. The maximum absolute atomic E-state index is 12.3. The number of phenols is 1. The van der Waals surface area contributed by atoms with Crippen molar-refractivity contribution in [3.8, 4) is 5.75 Å². The van der Waals surface area contributed by atoms with Gasteiger partial charge in [0.1, 0.15) is 5.75 Å². The van der Waals surface area contributed by atoms with Gasteiger partial charge in [0.2, 0.25) is 0 Å². The van der Waals surface area contributed by atoms with Gasteiger partial charge in [-0.25, -0.2) is 9.78 Å². The number of H-pyrrole nitrogens is 1. The summed E-state index contributed by atoms with van der Waals surface area (Å²) in [5.41, 5.74) is 2.51. The fourth-order valence-electron chi connectivity index (χ4n) is 2.68. The minimum absolute atomic E-state index is 0.157. The smallest absolute Gasteiger partial charge is 0.357 e. The first-order valence-corrected chi connectivity index (χ1v) is 7.33. The van der Waals surface area contributed by atoms with E-state index in [0.29, 0.717) is 5.56 Å². The first-order chi connectivity index (χ1) is 11.0. The number of nitrogens with zero attached hydrogens (tertiary/aromatic N) is 1. The molecule has 0 unspecified atom stereocenters. The first-order valence-electron chi connectivity index (χ1n) is 7.33. The Hall–Kier alpha value is -2.60. The van der Waals surface area contributed by atoms with Gasteiger partial charge in [-0.15, -0.1) is 0 Å². The molecular formula is C17H18N2O4. The molecule has 0 atom stereocenters. The van der Waals surface area contributed by atoms with E-state index >= 15 is 0 Å². The van der Waals surface area contributed by atoms with Crippen LogP contribution in [0.3, 0.4) is 0 Å². The molecule has 1 aromatic carbocycles. The van der Waals surface area contributed by atoms with Crippen molar-refractivity contribution in [3.63, 3.8) is 0 Å². The number of pyridine rings is 1. The van der Waals surface area contributed by atoms with Crippen LogP contribution in [-0.4, -0.2) is 34.3 Å². The number of phenolic OH excluding ortho intramolecular Hbond substituents is 1. The fourth-order valence-corrected chi connectivity index (χ4v) is 2.68. The highest BCUT2D eigenvalue weighted by molar-refractivity contribution is 6.11. The van der Waals surface area contributed by atoms with E-state index < -0.39 is 5.97 Å². The molecule has 3 aromatic rings. The van der Waals surface area contributed by atoms with E-state index in [2.05, 4.69) is 9.97 Å². The Kier molecular flexibility index (Phi) is 3.92. The number of methoxy groups -OCH3 is 1. The van der Waals surface area contributed by atoms with Crippen LogP contribution in [0.15, 0.2) is 24.4 Å². The lowest BCUT2D eigenvalue weighted by molar-refractivity contribution is 0.0366. The molecule has 0 fully saturated rings. The number of hydrogen-bond donors (Lipinski definition) is 2. The van der Waals surface area contributed by atoms with Crippen molar-refractivity contribution in [3.05, 3.63) is 35.7 Å². The number of benzene rings is 1. The predicted octanol–water partition coefficient (Wildman–Crippen LogP) is 3.13. The maximum Gasteiger partial charge on any atom is 0.357 e. The average Bonchev–Trinajstić information content (AvgIpc) is 2.85. The van der Waals surface area contributed by atoms with E-state index in [1.54, 1.807) is 45.4 Å². The summed E-state index contributed by atoms with van der Waals surface area (Å²) in [5.74, 6) is -0.326. The lowest BCUT2D eigenvalue weighted by Gasteiger charge is -2.11. The van der Waals surface area contributed by atoms with Crippen LogP contribution in [0.4, 0.5) is 0 Å². The van der Waals surface area contributed by atoms with Crippen molar-refractivity contribution in [1.29, 1.82) is 0 Å². The minimum atomic E-state index is -0.483. The van der Waals surface area contributed by atoms with Crippen molar-refractivity contribution in [2.45, 2.75) is 26.6 Å². The topological polar surface area (TPSA) is 84.4 Å². The molecular weight excluding hydrogens is 296 g/mol. The van der Waals surface area contributed by atoms with Crippen LogP contribution in [0.5, 0.6) is 5.75 Å². The molecule has 0 radical (unpaired) electrons. The van der Waals surface area contributed by atoms with Crippen molar-refractivity contribution >= 4 is 27.8 Å². The molecule has 0 saturated carbocycles. The minimum Gasteiger partial charge on any atom is -0.508 e. The van der Waals surface area contributed by atoms with Crippen molar-refractivity contribution in [2.75, 3.05) is 7.11 Å².